The maximum absolute atomic E-state index is 13.2. The van der Waals surface area contributed by atoms with Crippen molar-refractivity contribution in [2.24, 2.45) is 5.92 Å². The molecular weight excluding hydrogens is 585 g/mol. The molecule has 0 bridgehead atoms. The third kappa shape index (κ3) is 8.15. The van der Waals surface area contributed by atoms with Crippen molar-refractivity contribution in [1.29, 1.82) is 0 Å². The van der Waals surface area contributed by atoms with Crippen molar-refractivity contribution >= 4 is 64.4 Å². The van der Waals surface area contributed by atoms with Crippen LogP contribution in [-0.4, -0.2) is 84.4 Å². The van der Waals surface area contributed by atoms with Gasteiger partial charge >= 0.3 is 5.97 Å². The van der Waals surface area contributed by atoms with Crippen LogP contribution in [0.3, 0.4) is 0 Å². The summed E-state index contributed by atoms with van der Waals surface area (Å²) in [5.41, 5.74) is 0. The number of carbonyl (C=O) groups is 5. The molecule has 4 atom stereocenters. The average molecular weight is 615 g/mol. The minimum atomic E-state index is -1.42. The smallest absolute Gasteiger partial charge is 0.305 e. The van der Waals surface area contributed by atoms with Crippen LogP contribution < -0.4 is 10.6 Å². The summed E-state index contributed by atoms with van der Waals surface area (Å²) in [5.74, 6) is -3.62. The first-order valence-corrected chi connectivity index (χ1v) is 14.0. The highest BCUT2D eigenvalue weighted by molar-refractivity contribution is 7.99. The van der Waals surface area contributed by atoms with Gasteiger partial charge in [0.05, 0.1) is 21.4 Å². The van der Waals surface area contributed by atoms with E-state index in [1.807, 2.05) is 6.92 Å². The second-order valence-electron chi connectivity index (χ2n) is 9.39. The van der Waals surface area contributed by atoms with Crippen LogP contribution in [0.2, 0.25) is 10.0 Å². The molecule has 3 rings (SSSR count). The fourth-order valence-electron chi connectivity index (χ4n) is 4.20. The number of carbonyl (C=O) groups excluding carboxylic acids is 4. The number of amides is 3. The maximum Gasteiger partial charge on any atom is 0.305 e. The Morgan fingerprint density at radius 1 is 1.23 bits per heavy atom. The van der Waals surface area contributed by atoms with Crippen molar-refractivity contribution in [1.82, 2.24) is 35.7 Å². The zero-order valence-corrected chi connectivity index (χ0v) is 24.3. The summed E-state index contributed by atoms with van der Waals surface area (Å²) in [6.07, 6.45) is 0.577. The summed E-state index contributed by atoms with van der Waals surface area (Å²) in [6, 6.07) is 1.73. The maximum atomic E-state index is 13.2. The highest BCUT2D eigenvalue weighted by atomic mass is 35.5. The molecule has 2 aromatic rings. The van der Waals surface area contributed by atoms with Gasteiger partial charge in [-0.25, -0.2) is 0 Å². The summed E-state index contributed by atoms with van der Waals surface area (Å²) in [5, 5.41) is 27.2. The highest BCUT2D eigenvalue weighted by Gasteiger charge is 2.37. The van der Waals surface area contributed by atoms with E-state index in [9.17, 15) is 29.1 Å². The molecule has 1 aliphatic rings. The lowest BCUT2D eigenvalue weighted by molar-refractivity contribution is -0.144. The number of aromatic nitrogens is 4. The number of carboxylic acid groups (broad SMARTS) is 1. The first-order chi connectivity index (χ1) is 18.9. The summed E-state index contributed by atoms with van der Waals surface area (Å²) >= 11 is 13.4. The van der Waals surface area contributed by atoms with E-state index in [1.165, 1.54) is 18.7 Å². The van der Waals surface area contributed by atoms with E-state index in [-0.39, 0.29) is 23.5 Å². The van der Waals surface area contributed by atoms with Gasteiger partial charge in [-0.1, -0.05) is 36.2 Å². The van der Waals surface area contributed by atoms with Crippen molar-refractivity contribution in [3.05, 3.63) is 28.2 Å². The number of nitrogens with zero attached hydrogens (tertiary/aromatic N) is 5. The van der Waals surface area contributed by atoms with Crippen LogP contribution >= 0.6 is 35.0 Å². The molecule has 1 saturated heterocycles. The van der Waals surface area contributed by atoms with Crippen molar-refractivity contribution in [2.75, 3.05) is 6.54 Å². The first-order valence-electron chi connectivity index (χ1n) is 12.4. The summed E-state index contributed by atoms with van der Waals surface area (Å²) in [4.78, 5) is 65.2. The van der Waals surface area contributed by atoms with Crippen LogP contribution in [0, 0.1) is 5.92 Å². The molecule has 216 valence electrons. The summed E-state index contributed by atoms with van der Waals surface area (Å²) in [6.45, 7) is 4.44. The predicted molar refractivity (Wildman–Crippen MR) is 145 cm³/mol. The number of ketones is 1. The first kappa shape index (κ1) is 31.3. The van der Waals surface area contributed by atoms with Gasteiger partial charge in [-0.3, -0.25) is 24.0 Å². The zero-order valence-electron chi connectivity index (χ0n) is 22.0. The third-order valence-electron chi connectivity index (χ3n) is 6.31. The molecule has 2 heterocycles. The lowest BCUT2D eigenvalue weighted by atomic mass is 9.97. The van der Waals surface area contributed by atoms with Crippen LogP contribution in [0.5, 0.6) is 0 Å². The Hall–Kier alpha value is -3.23. The number of rotatable bonds is 11. The van der Waals surface area contributed by atoms with Gasteiger partial charge < -0.3 is 20.6 Å². The summed E-state index contributed by atoms with van der Waals surface area (Å²) in [7, 11) is 0. The molecule has 1 aliphatic heterocycles. The molecule has 0 radical (unpaired) electrons. The van der Waals surface area contributed by atoms with Crippen molar-refractivity contribution in [3.8, 4) is 0 Å². The van der Waals surface area contributed by atoms with E-state index in [4.69, 9.17) is 23.2 Å². The van der Waals surface area contributed by atoms with Crippen molar-refractivity contribution in [2.45, 2.75) is 74.8 Å². The number of carboxylic acids is 1. The van der Waals surface area contributed by atoms with E-state index in [0.717, 1.165) is 16.6 Å². The molecule has 0 aliphatic carbocycles. The second kappa shape index (κ2) is 13.9. The van der Waals surface area contributed by atoms with E-state index >= 15 is 0 Å². The SMILES string of the molecule is CC(=O)N[C@@H]1C(=O)N([C@@H](C)C(=O)NC(CC(=O)O)C(=O)Cn2nnc(Sc3c(Cl)cccc3Cl)n2)CCC[C@H]1C. The Labute approximate surface area is 244 Å². The third-order valence-corrected chi connectivity index (χ3v) is 8.15. The minimum Gasteiger partial charge on any atom is -0.481 e. The van der Waals surface area contributed by atoms with Gasteiger partial charge in [-0.15, -0.1) is 10.2 Å². The Morgan fingerprint density at radius 3 is 2.52 bits per heavy atom. The number of hydrogen-bond donors (Lipinski definition) is 3. The standard InChI is InChI=1S/C24H29Cl2N7O6S/c1-12-6-5-9-32(23(39)20(12)27-14(3)34)13(2)22(38)28-17(10-19(36)37)18(35)11-33-30-24(29-31-33)40-21-15(25)7-4-8-16(21)26/h4,7-8,12-13,17,20H,5-6,9-11H2,1-3H3,(H,27,34)(H,28,38)(H,36,37)/t12-,13+,17?,20+/m1/s1. The molecule has 1 aromatic carbocycles. The number of aliphatic carboxylic acids is 1. The molecule has 0 spiro atoms. The van der Waals surface area contributed by atoms with Gasteiger partial charge in [0, 0.05) is 13.5 Å². The molecular formula is C24H29Cl2N7O6S. The Balaban J connectivity index is 1.69. The molecule has 0 saturated carbocycles. The van der Waals surface area contributed by atoms with Gasteiger partial charge in [-0.2, -0.15) is 4.80 Å². The predicted octanol–water partition coefficient (Wildman–Crippen LogP) is 1.81. The van der Waals surface area contributed by atoms with Gasteiger partial charge in [0.25, 0.3) is 0 Å². The summed E-state index contributed by atoms with van der Waals surface area (Å²) < 4.78 is 0. The average Bonchev–Trinajstić information content (AvgIpc) is 3.27. The fraction of sp³-hybridized carbons (Fsp3) is 0.500. The molecule has 1 fully saturated rings. The highest BCUT2D eigenvalue weighted by Crippen LogP contribution is 2.36. The number of benzene rings is 1. The van der Waals surface area contributed by atoms with Gasteiger partial charge in [0.2, 0.25) is 22.9 Å². The largest absolute Gasteiger partial charge is 0.481 e. The Bertz CT molecular complexity index is 1270. The van der Waals surface area contributed by atoms with E-state index < -0.39 is 54.7 Å². The number of likely N-dealkylation sites (tertiary alicyclic amines) is 1. The fourth-order valence-corrected chi connectivity index (χ4v) is 5.56. The van der Waals surface area contributed by atoms with Gasteiger partial charge in [0.15, 0.2) is 5.78 Å². The quantitative estimate of drug-likeness (QED) is 0.338. The Kier molecular flexibility index (Phi) is 10.9. The van der Waals surface area contributed by atoms with Crippen LogP contribution in [0.15, 0.2) is 28.3 Å². The monoisotopic (exact) mass is 613 g/mol. The topological polar surface area (TPSA) is 176 Å². The number of nitrogens with one attached hydrogen (secondary N) is 2. The number of Topliss-reactive ketones (excluding diaryl/α,β-unsaturated/α-hetero) is 1. The van der Waals surface area contributed by atoms with E-state index in [0.29, 0.717) is 27.8 Å². The van der Waals surface area contributed by atoms with Crippen LogP contribution in [0.1, 0.15) is 40.0 Å². The number of halogens is 2. The van der Waals surface area contributed by atoms with Gasteiger partial charge in [0.1, 0.15) is 24.7 Å². The minimum absolute atomic E-state index is 0.134. The lowest BCUT2D eigenvalue weighted by Gasteiger charge is -2.31. The van der Waals surface area contributed by atoms with Crippen molar-refractivity contribution < 1.29 is 29.1 Å². The molecule has 1 aromatic heterocycles. The van der Waals surface area contributed by atoms with E-state index in [1.54, 1.807) is 18.2 Å². The lowest BCUT2D eigenvalue weighted by Crippen LogP contribution is -2.57. The van der Waals surface area contributed by atoms with Crippen molar-refractivity contribution in [3.63, 3.8) is 0 Å². The zero-order chi connectivity index (χ0) is 29.6. The van der Waals surface area contributed by atoms with Crippen LogP contribution in [-0.2, 0) is 30.5 Å². The van der Waals surface area contributed by atoms with E-state index in [2.05, 4.69) is 26.0 Å². The number of tetrazole rings is 1. The molecule has 40 heavy (non-hydrogen) atoms. The normalized spacial score (nSPS) is 18.9. The molecule has 16 heteroatoms. The van der Waals surface area contributed by atoms with Crippen LogP contribution in [0.4, 0.5) is 0 Å². The Morgan fingerprint density at radius 2 is 1.90 bits per heavy atom. The molecule has 3 N–H and O–H groups in total. The second-order valence-corrected chi connectivity index (χ2v) is 11.2. The molecule has 3 amide bonds. The van der Waals surface area contributed by atoms with Crippen LogP contribution in [0.25, 0.3) is 0 Å². The van der Waals surface area contributed by atoms with Gasteiger partial charge in [-0.05, 0) is 54.8 Å². The molecule has 1 unspecified atom stereocenters. The number of hydrogen-bond acceptors (Lipinski definition) is 9. The molecule has 13 nitrogen and oxygen atoms in total.